The lowest BCUT2D eigenvalue weighted by Gasteiger charge is -2.17. The van der Waals surface area contributed by atoms with Crippen molar-refractivity contribution in [2.75, 3.05) is 11.9 Å². The molecule has 3 nitrogen and oxygen atoms in total. The van der Waals surface area contributed by atoms with Gasteiger partial charge in [0.25, 0.3) is 0 Å². The minimum absolute atomic E-state index is 0.537. The summed E-state index contributed by atoms with van der Waals surface area (Å²) in [6, 6.07) is 8.09. The first-order valence-electron chi connectivity index (χ1n) is 5.09. The normalized spacial score (nSPS) is 11.9. The van der Waals surface area contributed by atoms with Gasteiger partial charge in [0.15, 0.2) is 0 Å². The van der Waals surface area contributed by atoms with Crippen molar-refractivity contribution in [1.82, 2.24) is 4.98 Å². The van der Waals surface area contributed by atoms with Crippen LogP contribution in [0.5, 0.6) is 0 Å². The van der Waals surface area contributed by atoms with E-state index in [1.54, 1.807) is 13.8 Å². The van der Waals surface area contributed by atoms with Crippen LogP contribution in [0.15, 0.2) is 30.5 Å². The first-order valence-corrected chi connectivity index (χ1v) is 5.09. The van der Waals surface area contributed by atoms with Gasteiger partial charge in [-0.3, -0.25) is 0 Å². The third-order valence-electron chi connectivity index (χ3n) is 2.30. The largest absolute Gasteiger partial charge is 0.389 e. The summed E-state index contributed by atoms with van der Waals surface area (Å²) in [5, 5.41) is 14.0. The van der Waals surface area contributed by atoms with Crippen molar-refractivity contribution in [3.63, 3.8) is 0 Å². The van der Waals surface area contributed by atoms with E-state index < -0.39 is 5.60 Å². The Morgan fingerprint density at radius 3 is 2.80 bits per heavy atom. The van der Waals surface area contributed by atoms with E-state index in [9.17, 15) is 5.11 Å². The Bertz CT molecular complexity index is 454. The number of anilines is 1. The molecule has 1 aromatic heterocycles. The van der Waals surface area contributed by atoms with E-state index in [2.05, 4.69) is 16.4 Å². The van der Waals surface area contributed by atoms with Crippen LogP contribution in [0.2, 0.25) is 0 Å². The van der Waals surface area contributed by atoms with Gasteiger partial charge >= 0.3 is 0 Å². The fourth-order valence-corrected chi connectivity index (χ4v) is 1.53. The molecule has 3 heteroatoms. The topological polar surface area (TPSA) is 48.0 Å². The summed E-state index contributed by atoms with van der Waals surface area (Å²) in [5.74, 6) is 0. The van der Waals surface area contributed by atoms with Crippen LogP contribution in [-0.4, -0.2) is 22.2 Å². The van der Waals surface area contributed by atoms with Crippen molar-refractivity contribution in [3.05, 3.63) is 30.5 Å². The summed E-state index contributed by atoms with van der Waals surface area (Å²) in [4.78, 5) is 3.18. The summed E-state index contributed by atoms with van der Waals surface area (Å²) in [6.07, 6.45) is 1.93. The number of benzene rings is 1. The SMILES string of the molecule is CC(C)(O)CNc1c[nH]c2ccccc12. The molecule has 0 aliphatic rings. The number of H-pyrrole nitrogens is 1. The second-order valence-corrected chi connectivity index (χ2v) is 4.41. The van der Waals surface area contributed by atoms with E-state index in [1.807, 2.05) is 24.4 Å². The molecule has 0 spiro atoms. The van der Waals surface area contributed by atoms with E-state index in [1.165, 1.54) is 0 Å². The smallest absolute Gasteiger partial charge is 0.0763 e. The van der Waals surface area contributed by atoms with Crippen molar-refractivity contribution >= 4 is 16.6 Å². The van der Waals surface area contributed by atoms with Crippen molar-refractivity contribution in [2.45, 2.75) is 19.4 Å². The van der Waals surface area contributed by atoms with Crippen LogP contribution in [0.4, 0.5) is 5.69 Å². The number of hydrogen-bond donors (Lipinski definition) is 3. The number of aliphatic hydroxyl groups is 1. The maximum Gasteiger partial charge on any atom is 0.0763 e. The van der Waals surface area contributed by atoms with Crippen LogP contribution in [0.3, 0.4) is 0 Å². The first kappa shape index (κ1) is 10.1. The van der Waals surface area contributed by atoms with Gasteiger partial charge in [-0.15, -0.1) is 0 Å². The molecule has 0 saturated heterocycles. The van der Waals surface area contributed by atoms with E-state index >= 15 is 0 Å². The number of fused-ring (bicyclic) bond motifs is 1. The van der Waals surface area contributed by atoms with Gasteiger partial charge in [0, 0.05) is 23.6 Å². The molecule has 0 aliphatic carbocycles. The van der Waals surface area contributed by atoms with Gasteiger partial charge in [-0.2, -0.15) is 0 Å². The van der Waals surface area contributed by atoms with Gasteiger partial charge in [0.05, 0.1) is 11.3 Å². The van der Waals surface area contributed by atoms with Gasteiger partial charge in [-0.1, -0.05) is 18.2 Å². The molecule has 80 valence electrons. The molecule has 1 aromatic carbocycles. The second-order valence-electron chi connectivity index (χ2n) is 4.41. The van der Waals surface area contributed by atoms with E-state index in [-0.39, 0.29) is 0 Å². The lowest BCUT2D eigenvalue weighted by atomic mass is 10.1. The number of aromatic amines is 1. The summed E-state index contributed by atoms with van der Waals surface area (Å²) in [6.45, 7) is 4.11. The Balaban J connectivity index is 2.22. The number of hydrogen-bond acceptors (Lipinski definition) is 2. The monoisotopic (exact) mass is 204 g/mol. The van der Waals surface area contributed by atoms with Gasteiger partial charge in [0.1, 0.15) is 0 Å². The van der Waals surface area contributed by atoms with Crippen molar-refractivity contribution in [1.29, 1.82) is 0 Å². The van der Waals surface area contributed by atoms with Crippen LogP contribution >= 0.6 is 0 Å². The number of nitrogens with one attached hydrogen (secondary N) is 2. The molecule has 0 fully saturated rings. The molecule has 0 atom stereocenters. The fourth-order valence-electron chi connectivity index (χ4n) is 1.53. The molecule has 2 rings (SSSR count). The molecule has 0 aliphatic heterocycles. The Kier molecular flexibility index (Phi) is 2.40. The van der Waals surface area contributed by atoms with E-state index in [0.717, 1.165) is 16.6 Å². The predicted molar refractivity (Wildman–Crippen MR) is 63.1 cm³/mol. The summed E-state index contributed by atoms with van der Waals surface area (Å²) >= 11 is 0. The predicted octanol–water partition coefficient (Wildman–Crippen LogP) is 2.35. The Morgan fingerprint density at radius 2 is 2.07 bits per heavy atom. The quantitative estimate of drug-likeness (QED) is 0.718. The first-order chi connectivity index (χ1) is 7.06. The lowest BCUT2D eigenvalue weighted by Crippen LogP contribution is -2.29. The standard InChI is InChI=1S/C12H16N2O/c1-12(2,15)8-14-11-7-13-10-6-4-3-5-9(10)11/h3-7,13-15H,8H2,1-2H3. The second kappa shape index (κ2) is 3.59. The highest BCUT2D eigenvalue weighted by molar-refractivity contribution is 5.92. The maximum absolute atomic E-state index is 9.62. The number of para-hydroxylation sites is 1. The van der Waals surface area contributed by atoms with E-state index in [4.69, 9.17) is 0 Å². The minimum Gasteiger partial charge on any atom is -0.389 e. The molecule has 15 heavy (non-hydrogen) atoms. The van der Waals surface area contributed by atoms with Gasteiger partial charge in [-0.25, -0.2) is 0 Å². The van der Waals surface area contributed by atoms with Crippen LogP contribution in [0.1, 0.15) is 13.8 Å². The van der Waals surface area contributed by atoms with Crippen LogP contribution in [0.25, 0.3) is 10.9 Å². The molecule has 2 aromatic rings. The summed E-state index contributed by atoms with van der Waals surface area (Å²) < 4.78 is 0. The molecule has 0 amide bonds. The third kappa shape index (κ3) is 2.30. The fraction of sp³-hybridized carbons (Fsp3) is 0.333. The molecule has 3 N–H and O–H groups in total. The zero-order valence-electron chi connectivity index (χ0n) is 9.04. The number of rotatable bonds is 3. The highest BCUT2D eigenvalue weighted by Gasteiger charge is 2.12. The van der Waals surface area contributed by atoms with Gasteiger partial charge < -0.3 is 15.4 Å². The average Bonchev–Trinajstić information content (AvgIpc) is 2.57. The zero-order chi connectivity index (χ0) is 10.9. The molecule has 0 unspecified atom stereocenters. The van der Waals surface area contributed by atoms with Gasteiger partial charge in [0.2, 0.25) is 0 Å². The lowest BCUT2D eigenvalue weighted by molar-refractivity contribution is 0.0945. The summed E-state index contributed by atoms with van der Waals surface area (Å²) in [7, 11) is 0. The molecule has 0 radical (unpaired) electrons. The molecular formula is C12H16N2O. The Labute approximate surface area is 89.1 Å². The molecular weight excluding hydrogens is 188 g/mol. The van der Waals surface area contributed by atoms with E-state index in [0.29, 0.717) is 6.54 Å². The molecule has 0 bridgehead atoms. The van der Waals surface area contributed by atoms with Crippen molar-refractivity contribution in [3.8, 4) is 0 Å². The van der Waals surface area contributed by atoms with Crippen molar-refractivity contribution < 1.29 is 5.11 Å². The highest BCUT2D eigenvalue weighted by Crippen LogP contribution is 2.22. The molecule has 1 heterocycles. The molecule has 0 saturated carbocycles. The minimum atomic E-state index is -0.696. The van der Waals surface area contributed by atoms with Crippen LogP contribution in [0, 0.1) is 0 Å². The summed E-state index contributed by atoms with van der Waals surface area (Å²) in [5.41, 5.74) is 1.45. The Morgan fingerprint density at radius 1 is 1.33 bits per heavy atom. The van der Waals surface area contributed by atoms with Crippen molar-refractivity contribution in [2.24, 2.45) is 0 Å². The zero-order valence-corrected chi connectivity index (χ0v) is 9.04. The van der Waals surface area contributed by atoms with Crippen LogP contribution < -0.4 is 5.32 Å². The van der Waals surface area contributed by atoms with Crippen LogP contribution in [-0.2, 0) is 0 Å². The maximum atomic E-state index is 9.62. The van der Waals surface area contributed by atoms with Gasteiger partial charge in [-0.05, 0) is 19.9 Å². The third-order valence-corrected chi connectivity index (χ3v) is 2.30. The Hall–Kier alpha value is -1.48. The number of aromatic nitrogens is 1. The highest BCUT2D eigenvalue weighted by atomic mass is 16.3. The average molecular weight is 204 g/mol.